The average Bonchev–Trinajstić information content (AvgIpc) is 2.39. The fourth-order valence-electron chi connectivity index (χ4n) is 2.01. The van der Waals surface area contributed by atoms with Crippen molar-refractivity contribution in [2.75, 3.05) is 31.1 Å². The van der Waals surface area contributed by atoms with Crippen LogP contribution in [0.5, 0.6) is 0 Å². The molecule has 0 saturated carbocycles. The smallest absolute Gasteiger partial charge is 0.200 e. The summed E-state index contributed by atoms with van der Waals surface area (Å²) in [6.07, 6.45) is 1.81. The maximum absolute atomic E-state index is 11.0. The summed E-state index contributed by atoms with van der Waals surface area (Å²) in [7, 11) is 5.24. The summed E-state index contributed by atoms with van der Waals surface area (Å²) < 4.78 is 0. The van der Waals surface area contributed by atoms with E-state index in [0.29, 0.717) is 13.1 Å². The van der Waals surface area contributed by atoms with Gasteiger partial charge in [0.15, 0.2) is 5.81 Å². The SMILES string of the molecule is [B]C(=O)N1CCN(c2ccc(C(C)N)cn2)CC1. The summed E-state index contributed by atoms with van der Waals surface area (Å²) in [4.78, 5) is 19.2. The van der Waals surface area contributed by atoms with Crippen LogP contribution in [0.15, 0.2) is 18.3 Å². The minimum atomic E-state index is -0.352. The molecule has 1 saturated heterocycles. The summed E-state index contributed by atoms with van der Waals surface area (Å²) in [5.74, 6) is 0.568. The molecule has 0 spiro atoms. The van der Waals surface area contributed by atoms with Crippen LogP contribution in [0.2, 0.25) is 0 Å². The largest absolute Gasteiger partial charge is 0.353 e. The number of carbonyl (C=O) groups is 1. The summed E-state index contributed by atoms with van der Waals surface area (Å²) in [5, 5.41) is 0. The third-order valence-electron chi connectivity index (χ3n) is 3.21. The van der Waals surface area contributed by atoms with E-state index >= 15 is 0 Å². The number of carbonyl (C=O) groups excluding carboxylic acids is 1. The number of pyridine rings is 1. The molecule has 1 aliphatic heterocycles. The average molecular weight is 244 g/mol. The molecule has 1 unspecified atom stereocenters. The summed E-state index contributed by atoms with van der Waals surface area (Å²) in [5.41, 5.74) is 6.80. The van der Waals surface area contributed by atoms with Crippen LogP contribution in [-0.4, -0.2) is 49.7 Å². The van der Waals surface area contributed by atoms with Crippen molar-refractivity contribution in [3.05, 3.63) is 23.9 Å². The Morgan fingerprint density at radius 3 is 2.50 bits per heavy atom. The second-order valence-corrected chi connectivity index (χ2v) is 4.55. The van der Waals surface area contributed by atoms with Crippen LogP contribution in [0.3, 0.4) is 0 Å². The van der Waals surface area contributed by atoms with E-state index in [-0.39, 0.29) is 11.8 Å². The molecular formula is C12H17BN4O. The molecule has 2 N–H and O–H groups in total. The van der Waals surface area contributed by atoms with E-state index in [4.69, 9.17) is 13.6 Å². The molecule has 6 heteroatoms. The first-order chi connectivity index (χ1) is 8.58. The van der Waals surface area contributed by atoms with Gasteiger partial charge in [0, 0.05) is 38.4 Å². The molecule has 94 valence electrons. The van der Waals surface area contributed by atoms with Crippen molar-refractivity contribution >= 4 is 19.5 Å². The van der Waals surface area contributed by atoms with Crippen molar-refractivity contribution in [3.8, 4) is 0 Å². The number of piperazine rings is 1. The van der Waals surface area contributed by atoms with Gasteiger partial charge in [-0.2, -0.15) is 0 Å². The van der Waals surface area contributed by atoms with Crippen molar-refractivity contribution in [3.63, 3.8) is 0 Å². The molecule has 2 radical (unpaired) electrons. The molecule has 1 aromatic rings. The normalized spacial score (nSPS) is 17.7. The molecule has 5 nitrogen and oxygen atoms in total. The van der Waals surface area contributed by atoms with Crippen molar-refractivity contribution in [1.29, 1.82) is 0 Å². The Hall–Kier alpha value is -1.56. The highest BCUT2D eigenvalue weighted by Gasteiger charge is 2.19. The van der Waals surface area contributed by atoms with Gasteiger partial charge in [-0.25, -0.2) is 4.98 Å². The van der Waals surface area contributed by atoms with Gasteiger partial charge in [0.2, 0.25) is 7.85 Å². The number of hydrogen-bond acceptors (Lipinski definition) is 4. The highest BCUT2D eigenvalue weighted by molar-refractivity contribution is 6.56. The van der Waals surface area contributed by atoms with E-state index < -0.39 is 0 Å². The number of anilines is 1. The highest BCUT2D eigenvalue weighted by atomic mass is 16.1. The molecule has 1 amide bonds. The van der Waals surface area contributed by atoms with E-state index in [0.717, 1.165) is 24.5 Å². The molecule has 1 atom stereocenters. The summed E-state index contributed by atoms with van der Waals surface area (Å²) in [6.45, 7) is 4.74. The van der Waals surface area contributed by atoms with Crippen molar-refractivity contribution in [2.24, 2.45) is 5.73 Å². The lowest BCUT2D eigenvalue weighted by Crippen LogP contribution is -2.48. The molecule has 0 bridgehead atoms. The van der Waals surface area contributed by atoms with Crippen molar-refractivity contribution in [2.45, 2.75) is 13.0 Å². The first-order valence-electron chi connectivity index (χ1n) is 6.09. The first-order valence-corrected chi connectivity index (χ1v) is 6.09. The van der Waals surface area contributed by atoms with E-state index in [9.17, 15) is 4.79 Å². The number of rotatable bonds is 2. The quantitative estimate of drug-likeness (QED) is 0.770. The Labute approximate surface area is 108 Å². The predicted octanol–water partition coefficient (Wildman–Crippen LogP) is 0.512. The fraction of sp³-hybridized carbons (Fsp3) is 0.500. The number of hydrogen-bond donors (Lipinski definition) is 1. The van der Waals surface area contributed by atoms with E-state index in [1.54, 1.807) is 11.1 Å². The molecular weight excluding hydrogens is 227 g/mol. The van der Waals surface area contributed by atoms with Gasteiger partial charge in [-0.3, -0.25) is 4.79 Å². The lowest BCUT2D eigenvalue weighted by Gasteiger charge is -2.35. The van der Waals surface area contributed by atoms with Crippen LogP contribution in [0.1, 0.15) is 18.5 Å². The predicted molar refractivity (Wildman–Crippen MR) is 71.8 cm³/mol. The van der Waals surface area contributed by atoms with Crippen LogP contribution >= 0.6 is 0 Å². The van der Waals surface area contributed by atoms with Crippen LogP contribution in [0.25, 0.3) is 0 Å². The molecule has 2 heterocycles. The molecule has 18 heavy (non-hydrogen) atoms. The third-order valence-corrected chi connectivity index (χ3v) is 3.21. The van der Waals surface area contributed by atoms with Gasteiger partial charge in [0.25, 0.3) is 0 Å². The van der Waals surface area contributed by atoms with E-state index in [1.807, 2.05) is 19.1 Å². The molecule has 0 aliphatic carbocycles. The lowest BCUT2D eigenvalue weighted by atomic mass is 10.1. The van der Waals surface area contributed by atoms with Gasteiger partial charge >= 0.3 is 0 Å². The topological polar surface area (TPSA) is 62.5 Å². The number of amides is 1. The Morgan fingerprint density at radius 2 is 2.06 bits per heavy atom. The Morgan fingerprint density at radius 1 is 1.39 bits per heavy atom. The number of aromatic nitrogens is 1. The minimum absolute atomic E-state index is 0.00161. The summed E-state index contributed by atoms with van der Waals surface area (Å²) >= 11 is 0. The number of nitrogens with zero attached hydrogens (tertiary/aromatic N) is 3. The van der Waals surface area contributed by atoms with Crippen LogP contribution in [0, 0.1) is 0 Å². The maximum atomic E-state index is 11.0. The second-order valence-electron chi connectivity index (χ2n) is 4.55. The van der Waals surface area contributed by atoms with E-state index in [2.05, 4.69) is 9.88 Å². The molecule has 1 aliphatic rings. The van der Waals surface area contributed by atoms with Gasteiger partial charge in [-0.15, -0.1) is 0 Å². The lowest BCUT2D eigenvalue weighted by molar-refractivity contribution is 0.218. The molecule has 2 rings (SSSR count). The van der Waals surface area contributed by atoms with Gasteiger partial charge < -0.3 is 15.5 Å². The zero-order chi connectivity index (χ0) is 13.1. The van der Waals surface area contributed by atoms with Gasteiger partial charge in [0.05, 0.1) is 0 Å². The Balaban J connectivity index is 1.99. The zero-order valence-electron chi connectivity index (χ0n) is 10.5. The fourth-order valence-corrected chi connectivity index (χ4v) is 2.01. The van der Waals surface area contributed by atoms with Gasteiger partial charge in [-0.1, -0.05) is 6.07 Å². The maximum Gasteiger partial charge on any atom is 0.200 e. The highest BCUT2D eigenvalue weighted by Crippen LogP contribution is 2.16. The van der Waals surface area contributed by atoms with Crippen LogP contribution in [0.4, 0.5) is 10.6 Å². The van der Waals surface area contributed by atoms with Crippen molar-refractivity contribution in [1.82, 2.24) is 9.88 Å². The van der Waals surface area contributed by atoms with Gasteiger partial charge in [0.1, 0.15) is 5.82 Å². The van der Waals surface area contributed by atoms with Crippen molar-refractivity contribution < 1.29 is 4.79 Å². The monoisotopic (exact) mass is 244 g/mol. The molecule has 1 aromatic heterocycles. The molecule has 0 aromatic carbocycles. The van der Waals surface area contributed by atoms with Crippen LogP contribution < -0.4 is 10.6 Å². The third kappa shape index (κ3) is 2.82. The minimum Gasteiger partial charge on any atom is -0.353 e. The summed E-state index contributed by atoms with van der Waals surface area (Å²) in [6, 6.07) is 3.96. The molecule has 1 fully saturated rings. The van der Waals surface area contributed by atoms with E-state index in [1.165, 1.54) is 0 Å². The van der Waals surface area contributed by atoms with Gasteiger partial charge in [-0.05, 0) is 18.6 Å². The first kappa shape index (κ1) is 12.9. The standard InChI is InChI=1S/C12H17BN4O/c1-9(14)10-2-3-11(15-8-10)16-4-6-17(7-5-16)12(13)18/h2-3,8-9H,4-7,14H2,1H3. The van der Waals surface area contributed by atoms with Crippen LogP contribution in [-0.2, 0) is 0 Å². The number of nitrogens with two attached hydrogens (primary N) is 1. The Kier molecular flexibility index (Phi) is 3.86. The Bertz CT molecular complexity index is 413. The second kappa shape index (κ2) is 5.39. The zero-order valence-corrected chi connectivity index (χ0v) is 10.5.